The molecule has 4 heterocycles. The van der Waals surface area contributed by atoms with Crippen LogP contribution in [0.3, 0.4) is 0 Å². The highest BCUT2D eigenvalue weighted by Crippen LogP contribution is 2.32. The van der Waals surface area contributed by atoms with E-state index in [0.29, 0.717) is 25.3 Å². The maximum atomic E-state index is 13.2. The van der Waals surface area contributed by atoms with E-state index in [-0.39, 0.29) is 12.1 Å². The molecule has 27 heavy (non-hydrogen) atoms. The molecule has 0 bridgehead atoms. The molecular weight excluding hydrogens is 355 g/mol. The van der Waals surface area contributed by atoms with E-state index in [1.165, 1.54) is 12.4 Å². The first-order valence-electron chi connectivity index (χ1n) is 8.48. The largest absolute Gasteiger partial charge is 0.416 e. The zero-order valence-corrected chi connectivity index (χ0v) is 14.3. The monoisotopic (exact) mass is 371 g/mol. The molecule has 0 saturated carbocycles. The summed E-state index contributed by atoms with van der Waals surface area (Å²) >= 11 is 0. The number of hydrogen-bond donors (Lipinski definition) is 0. The predicted molar refractivity (Wildman–Crippen MR) is 92.3 cm³/mol. The summed E-state index contributed by atoms with van der Waals surface area (Å²) in [6.07, 6.45) is 3.88. The Balaban J connectivity index is 1.53. The minimum atomic E-state index is -4.38. The summed E-state index contributed by atoms with van der Waals surface area (Å²) in [7, 11) is 0. The zero-order valence-electron chi connectivity index (χ0n) is 14.3. The van der Waals surface area contributed by atoms with Crippen molar-refractivity contribution in [3.05, 3.63) is 71.6 Å². The van der Waals surface area contributed by atoms with Gasteiger partial charge in [-0.15, -0.1) is 0 Å². The van der Waals surface area contributed by atoms with E-state index >= 15 is 0 Å². The molecule has 3 aromatic heterocycles. The standard InChI is InChI=1S/C19H16F3N5/c20-19(21,22)16-3-7-24-9-14(16)11-27-8-4-17-15(12-27)10-25-18(26-17)13-1-5-23-6-2-13/h1-3,5-7,9-10H,4,8,11-12H2. The van der Waals surface area contributed by atoms with Crippen LogP contribution >= 0.6 is 0 Å². The van der Waals surface area contributed by atoms with Crippen molar-refractivity contribution in [1.29, 1.82) is 0 Å². The van der Waals surface area contributed by atoms with Gasteiger partial charge in [-0.05, 0) is 23.8 Å². The molecule has 1 aliphatic rings. The van der Waals surface area contributed by atoms with Gasteiger partial charge in [0.15, 0.2) is 5.82 Å². The van der Waals surface area contributed by atoms with Crippen LogP contribution < -0.4 is 0 Å². The molecule has 0 N–H and O–H groups in total. The second-order valence-corrected chi connectivity index (χ2v) is 6.39. The van der Waals surface area contributed by atoms with Gasteiger partial charge in [-0.25, -0.2) is 9.97 Å². The lowest BCUT2D eigenvalue weighted by Gasteiger charge is -2.28. The van der Waals surface area contributed by atoms with Crippen LogP contribution in [0.25, 0.3) is 11.4 Å². The Morgan fingerprint density at radius 1 is 1.00 bits per heavy atom. The van der Waals surface area contributed by atoms with Crippen molar-refractivity contribution < 1.29 is 13.2 Å². The molecule has 1 aliphatic heterocycles. The van der Waals surface area contributed by atoms with Gasteiger partial charge in [0.25, 0.3) is 0 Å². The Morgan fingerprint density at radius 2 is 1.78 bits per heavy atom. The summed E-state index contributed by atoms with van der Waals surface area (Å²) in [4.78, 5) is 18.8. The van der Waals surface area contributed by atoms with E-state index in [4.69, 9.17) is 0 Å². The molecule has 0 saturated heterocycles. The minimum Gasteiger partial charge on any atom is -0.294 e. The summed E-state index contributed by atoms with van der Waals surface area (Å²) in [6.45, 7) is 1.33. The highest BCUT2D eigenvalue weighted by atomic mass is 19.4. The molecule has 3 aromatic rings. The molecule has 4 rings (SSSR count). The molecule has 0 amide bonds. The van der Waals surface area contributed by atoms with E-state index in [9.17, 15) is 13.2 Å². The highest BCUT2D eigenvalue weighted by molar-refractivity contribution is 5.54. The number of rotatable bonds is 3. The average Bonchev–Trinajstić information content (AvgIpc) is 2.68. The van der Waals surface area contributed by atoms with E-state index in [2.05, 4.69) is 19.9 Å². The number of fused-ring (bicyclic) bond motifs is 1. The maximum absolute atomic E-state index is 13.2. The zero-order chi connectivity index (χ0) is 18.9. The quantitative estimate of drug-likeness (QED) is 0.705. The lowest BCUT2D eigenvalue weighted by molar-refractivity contribution is -0.138. The van der Waals surface area contributed by atoms with Crippen molar-refractivity contribution in [2.24, 2.45) is 0 Å². The number of pyridine rings is 2. The maximum Gasteiger partial charge on any atom is 0.416 e. The Bertz CT molecular complexity index is 944. The second-order valence-electron chi connectivity index (χ2n) is 6.39. The van der Waals surface area contributed by atoms with Crippen LogP contribution in [0.2, 0.25) is 0 Å². The number of hydrogen-bond acceptors (Lipinski definition) is 5. The first kappa shape index (κ1) is 17.5. The third-order valence-corrected chi connectivity index (χ3v) is 4.55. The van der Waals surface area contributed by atoms with E-state index < -0.39 is 11.7 Å². The van der Waals surface area contributed by atoms with Gasteiger partial charge < -0.3 is 0 Å². The SMILES string of the molecule is FC(F)(F)c1ccncc1CN1CCc2nc(-c3ccncc3)ncc2C1. The van der Waals surface area contributed by atoms with Gasteiger partial charge in [-0.1, -0.05) is 0 Å². The first-order chi connectivity index (χ1) is 13.0. The molecular formula is C19H16F3N5. The lowest BCUT2D eigenvalue weighted by Crippen LogP contribution is -2.31. The van der Waals surface area contributed by atoms with Crippen LogP contribution in [0.5, 0.6) is 0 Å². The van der Waals surface area contributed by atoms with Crippen LogP contribution in [0.1, 0.15) is 22.4 Å². The summed E-state index contributed by atoms with van der Waals surface area (Å²) in [5.41, 5.74) is 2.32. The summed E-state index contributed by atoms with van der Waals surface area (Å²) in [6, 6.07) is 4.72. The van der Waals surface area contributed by atoms with Crippen molar-refractivity contribution in [3.63, 3.8) is 0 Å². The van der Waals surface area contributed by atoms with Crippen molar-refractivity contribution in [3.8, 4) is 11.4 Å². The third kappa shape index (κ3) is 3.80. The van der Waals surface area contributed by atoms with E-state index in [1.807, 2.05) is 17.0 Å². The molecule has 0 aliphatic carbocycles. The van der Waals surface area contributed by atoms with Crippen molar-refractivity contribution in [1.82, 2.24) is 24.8 Å². The molecule has 0 unspecified atom stereocenters. The Kier molecular flexibility index (Phi) is 4.57. The van der Waals surface area contributed by atoms with Gasteiger partial charge in [0.1, 0.15) is 0 Å². The fourth-order valence-electron chi connectivity index (χ4n) is 3.22. The number of nitrogens with zero attached hydrogens (tertiary/aromatic N) is 5. The van der Waals surface area contributed by atoms with Crippen LogP contribution in [0.15, 0.2) is 49.2 Å². The summed E-state index contributed by atoms with van der Waals surface area (Å²) < 4.78 is 39.5. The van der Waals surface area contributed by atoms with Crippen molar-refractivity contribution in [2.75, 3.05) is 6.54 Å². The summed E-state index contributed by atoms with van der Waals surface area (Å²) in [5.74, 6) is 0.635. The van der Waals surface area contributed by atoms with Gasteiger partial charge in [-0.2, -0.15) is 13.2 Å². The van der Waals surface area contributed by atoms with E-state index in [0.717, 1.165) is 22.9 Å². The number of aromatic nitrogens is 4. The molecule has 5 nitrogen and oxygen atoms in total. The Hall–Kier alpha value is -2.87. The Labute approximate surface area is 153 Å². The molecule has 0 aromatic carbocycles. The smallest absolute Gasteiger partial charge is 0.294 e. The van der Waals surface area contributed by atoms with Gasteiger partial charge in [0, 0.05) is 68.2 Å². The predicted octanol–water partition coefficient (Wildman–Crippen LogP) is 3.51. The molecule has 8 heteroatoms. The van der Waals surface area contributed by atoms with Crippen LogP contribution in [-0.2, 0) is 25.7 Å². The van der Waals surface area contributed by atoms with E-state index in [1.54, 1.807) is 18.6 Å². The fraction of sp³-hybridized carbons (Fsp3) is 0.263. The van der Waals surface area contributed by atoms with Crippen LogP contribution in [0, 0.1) is 0 Å². The van der Waals surface area contributed by atoms with Crippen LogP contribution in [0.4, 0.5) is 13.2 Å². The first-order valence-corrected chi connectivity index (χ1v) is 8.48. The molecule has 0 spiro atoms. The normalized spacial score (nSPS) is 14.8. The van der Waals surface area contributed by atoms with Gasteiger partial charge in [0.05, 0.1) is 11.3 Å². The molecule has 0 fully saturated rings. The van der Waals surface area contributed by atoms with Crippen molar-refractivity contribution in [2.45, 2.75) is 25.7 Å². The molecule has 0 atom stereocenters. The summed E-state index contributed by atoms with van der Waals surface area (Å²) in [5, 5.41) is 0. The topological polar surface area (TPSA) is 54.8 Å². The minimum absolute atomic E-state index is 0.183. The van der Waals surface area contributed by atoms with Crippen molar-refractivity contribution >= 4 is 0 Å². The molecule has 138 valence electrons. The lowest BCUT2D eigenvalue weighted by atomic mass is 10.0. The number of alkyl halides is 3. The number of halogens is 3. The third-order valence-electron chi connectivity index (χ3n) is 4.55. The van der Waals surface area contributed by atoms with Gasteiger partial charge in [-0.3, -0.25) is 14.9 Å². The van der Waals surface area contributed by atoms with Gasteiger partial charge in [0.2, 0.25) is 0 Å². The highest BCUT2D eigenvalue weighted by Gasteiger charge is 2.33. The van der Waals surface area contributed by atoms with Gasteiger partial charge >= 0.3 is 6.18 Å². The Morgan fingerprint density at radius 3 is 2.56 bits per heavy atom. The second kappa shape index (κ2) is 7.03. The van der Waals surface area contributed by atoms with Crippen LogP contribution in [-0.4, -0.2) is 31.4 Å². The average molecular weight is 371 g/mol. The molecule has 0 radical (unpaired) electrons. The fourth-order valence-corrected chi connectivity index (χ4v) is 3.22.